The third-order valence-electron chi connectivity index (χ3n) is 13.2. The van der Waals surface area contributed by atoms with Crippen molar-refractivity contribution in [1.29, 1.82) is 0 Å². The van der Waals surface area contributed by atoms with Crippen molar-refractivity contribution < 1.29 is 33.0 Å². The molecule has 59 heavy (non-hydrogen) atoms. The number of fused-ring (bicyclic) bond motifs is 3. The van der Waals surface area contributed by atoms with Gasteiger partial charge >= 0.3 is 6.09 Å². The fourth-order valence-electron chi connectivity index (χ4n) is 9.91. The van der Waals surface area contributed by atoms with Crippen LogP contribution in [0.25, 0.3) is 21.9 Å². The first-order valence-electron chi connectivity index (χ1n) is 20.4. The van der Waals surface area contributed by atoms with Gasteiger partial charge in [-0.25, -0.2) is 19.2 Å². The van der Waals surface area contributed by atoms with Gasteiger partial charge in [0.15, 0.2) is 0 Å². The highest BCUT2D eigenvalue weighted by atomic mass is 35.5. The van der Waals surface area contributed by atoms with Gasteiger partial charge < -0.3 is 29.5 Å². The Balaban J connectivity index is 0.685. The van der Waals surface area contributed by atoms with E-state index < -0.39 is 18.0 Å². The molecule has 7 heterocycles. The van der Waals surface area contributed by atoms with Crippen LogP contribution < -0.4 is 25.6 Å². The van der Waals surface area contributed by atoms with Crippen LogP contribution in [0.1, 0.15) is 60.0 Å². The van der Waals surface area contributed by atoms with E-state index in [-0.39, 0.29) is 42.1 Å². The predicted octanol–water partition coefficient (Wildman–Crippen LogP) is 5.89. The second-order valence-corrected chi connectivity index (χ2v) is 17.3. The van der Waals surface area contributed by atoms with E-state index in [4.69, 9.17) is 21.1 Å². The zero-order chi connectivity index (χ0) is 40.6. The molecule has 306 valence electrons. The molecule has 4 aromatic rings. The molecule has 1 saturated carbocycles. The van der Waals surface area contributed by atoms with Crippen molar-refractivity contribution in [2.24, 2.45) is 11.3 Å². The third kappa shape index (κ3) is 6.87. The van der Waals surface area contributed by atoms with E-state index >= 15 is 4.39 Å². The Kier molecular flexibility index (Phi) is 9.35. The lowest BCUT2D eigenvalue weighted by atomic mass is 9.61. The molecular weight excluding hydrogens is 779 g/mol. The molecule has 6 aliphatic rings. The minimum atomic E-state index is -0.671. The van der Waals surface area contributed by atoms with E-state index in [1.807, 2.05) is 19.1 Å². The van der Waals surface area contributed by atoms with Gasteiger partial charge in [-0.2, -0.15) is 0 Å². The number of nitrogens with one attached hydrogen (secondary N) is 3. The summed E-state index contributed by atoms with van der Waals surface area (Å²) in [6.45, 7) is 8.10. The van der Waals surface area contributed by atoms with Crippen LogP contribution in [-0.2, 0) is 20.9 Å². The molecular formula is C43H44ClFN8O6. The number of benzene rings is 2. The van der Waals surface area contributed by atoms with Gasteiger partial charge in [-0.05, 0) is 98.8 Å². The normalized spacial score (nSPS) is 21.6. The predicted molar refractivity (Wildman–Crippen MR) is 218 cm³/mol. The van der Waals surface area contributed by atoms with Crippen LogP contribution in [0.3, 0.4) is 0 Å². The molecule has 1 spiro atoms. The third-order valence-corrected chi connectivity index (χ3v) is 13.7. The van der Waals surface area contributed by atoms with Gasteiger partial charge in [0.2, 0.25) is 17.7 Å². The zero-order valence-corrected chi connectivity index (χ0v) is 33.4. The number of carbonyl (C=O) groups is 4. The number of halogens is 2. The molecule has 1 atom stereocenters. The standard InChI is InChI=1S/C43H44ClFN8O6/c1-23-30(18-48-40-38(23)46-8-11-58-40)29-12-25-14-35(47-17-26(25)13-32(29)45)49-42(57)59-27-15-43(16-27)6-9-51(10-7-43)19-24-20-52(21-24)33-3-2-28-31(37(33)44)22-53(41(28)56)34-4-5-36(54)50-39(34)55/h2-3,12-14,17-18,24,27,34,46H,4-11,15-16,19-22H2,1H3,(H,47,49,57)(H,50,54,55). The van der Waals surface area contributed by atoms with Crippen molar-refractivity contribution in [1.82, 2.24) is 25.1 Å². The van der Waals surface area contributed by atoms with Gasteiger partial charge in [0.05, 0.1) is 10.7 Å². The Hall–Kier alpha value is -5.54. The number of ether oxygens (including phenoxy) is 2. The van der Waals surface area contributed by atoms with E-state index in [2.05, 4.69) is 35.7 Å². The van der Waals surface area contributed by atoms with Crippen molar-refractivity contribution in [3.8, 4) is 17.0 Å². The average molecular weight is 823 g/mol. The lowest BCUT2D eigenvalue weighted by molar-refractivity contribution is -0.136. The van der Waals surface area contributed by atoms with E-state index in [0.29, 0.717) is 64.3 Å². The number of imide groups is 1. The van der Waals surface area contributed by atoms with Gasteiger partial charge in [0.25, 0.3) is 5.91 Å². The molecule has 0 radical (unpaired) electrons. The van der Waals surface area contributed by atoms with Gasteiger partial charge in [0.1, 0.15) is 36.1 Å². The summed E-state index contributed by atoms with van der Waals surface area (Å²) < 4.78 is 26.8. The van der Waals surface area contributed by atoms with Crippen LogP contribution in [0.15, 0.2) is 42.7 Å². The Morgan fingerprint density at radius 3 is 2.66 bits per heavy atom. The van der Waals surface area contributed by atoms with Gasteiger partial charge in [0, 0.05) is 85.1 Å². The molecule has 2 aromatic carbocycles. The van der Waals surface area contributed by atoms with Crippen LogP contribution in [0, 0.1) is 24.1 Å². The number of anilines is 3. The van der Waals surface area contributed by atoms with Crippen molar-refractivity contribution in [3.05, 3.63) is 70.3 Å². The zero-order valence-electron chi connectivity index (χ0n) is 32.6. The summed E-state index contributed by atoms with van der Waals surface area (Å²) in [7, 11) is 0. The number of amides is 4. The molecule has 16 heteroatoms. The highest BCUT2D eigenvalue weighted by molar-refractivity contribution is 6.35. The summed E-state index contributed by atoms with van der Waals surface area (Å²) in [6.07, 6.45) is 6.81. The first kappa shape index (κ1) is 37.7. The minimum absolute atomic E-state index is 0.150. The molecule has 1 aliphatic carbocycles. The number of hydrogen-bond donors (Lipinski definition) is 3. The van der Waals surface area contributed by atoms with Crippen LogP contribution in [0.5, 0.6) is 5.88 Å². The Morgan fingerprint density at radius 1 is 1.05 bits per heavy atom. The number of pyridine rings is 2. The summed E-state index contributed by atoms with van der Waals surface area (Å²) in [5.74, 6) is -0.0113. The van der Waals surface area contributed by atoms with Crippen LogP contribution in [-0.4, -0.2) is 102 Å². The number of hydrogen-bond acceptors (Lipinski definition) is 11. The molecule has 3 saturated heterocycles. The fraction of sp³-hybridized carbons (Fsp3) is 0.442. The Labute approximate surface area is 344 Å². The van der Waals surface area contributed by atoms with Crippen molar-refractivity contribution in [2.75, 3.05) is 61.4 Å². The second kappa shape index (κ2) is 14.6. The summed E-state index contributed by atoms with van der Waals surface area (Å²) >= 11 is 6.90. The maximum absolute atomic E-state index is 15.3. The molecule has 4 fully saturated rings. The topological polar surface area (TPSA) is 158 Å². The van der Waals surface area contributed by atoms with Gasteiger partial charge in [-0.1, -0.05) is 11.6 Å². The summed E-state index contributed by atoms with van der Waals surface area (Å²) in [5, 5.41) is 10.3. The molecule has 3 N–H and O–H groups in total. The second-order valence-electron chi connectivity index (χ2n) is 17.0. The number of aromatic nitrogens is 2. The quantitative estimate of drug-likeness (QED) is 0.191. The first-order valence-corrected chi connectivity index (χ1v) is 20.8. The number of likely N-dealkylation sites (tertiary alicyclic amines) is 1. The SMILES string of the molecule is Cc1c(-c2cc3cc(NC(=O)OC4CC5(CCN(CC6CN(c7ccc8c(c7Cl)CN(C7CCC(=O)NC7=O)C8=O)C6)CC5)C4)ncc3cc2F)cnc2c1NCCO2. The number of nitrogens with zero attached hydrogens (tertiary/aromatic N) is 5. The lowest BCUT2D eigenvalue weighted by Gasteiger charge is -2.52. The molecule has 2 aromatic heterocycles. The van der Waals surface area contributed by atoms with E-state index in [0.717, 1.165) is 86.3 Å². The number of rotatable bonds is 7. The van der Waals surface area contributed by atoms with E-state index in [1.165, 1.54) is 11.0 Å². The largest absolute Gasteiger partial charge is 0.474 e. The maximum Gasteiger partial charge on any atom is 0.413 e. The highest BCUT2D eigenvalue weighted by Gasteiger charge is 2.48. The molecule has 1 unspecified atom stereocenters. The lowest BCUT2D eigenvalue weighted by Crippen LogP contribution is -2.55. The monoisotopic (exact) mass is 822 g/mol. The van der Waals surface area contributed by atoms with Crippen molar-refractivity contribution in [3.63, 3.8) is 0 Å². The minimum Gasteiger partial charge on any atom is -0.474 e. The smallest absolute Gasteiger partial charge is 0.413 e. The molecule has 4 amide bonds. The van der Waals surface area contributed by atoms with Crippen molar-refractivity contribution >= 4 is 63.4 Å². The molecule has 14 nitrogen and oxygen atoms in total. The highest BCUT2D eigenvalue weighted by Crippen LogP contribution is 2.51. The van der Waals surface area contributed by atoms with Crippen LogP contribution in [0.4, 0.5) is 26.4 Å². The Morgan fingerprint density at radius 2 is 1.86 bits per heavy atom. The fourth-order valence-corrected chi connectivity index (χ4v) is 10.3. The van der Waals surface area contributed by atoms with Gasteiger partial charge in [-0.3, -0.25) is 25.0 Å². The summed E-state index contributed by atoms with van der Waals surface area (Å²) in [5.41, 5.74) is 5.04. The average Bonchev–Trinajstić information content (AvgIpc) is 3.53. The summed E-state index contributed by atoms with van der Waals surface area (Å²) in [4.78, 5) is 65.3. The van der Waals surface area contributed by atoms with Crippen LogP contribution >= 0.6 is 11.6 Å². The van der Waals surface area contributed by atoms with Crippen molar-refractivity contribution in [2.45, 2.75) is 64.1 Å². The van der Waals surface area contributed by atoms with Gasteiger partial charge in [-0.15, -0.1) is 0 Å². The Bertz CT molecular complexity index is 2430. The number of carbonyl (C=O) groups excluding carboxylic acids is 4. The number of piperidine rings is 2. The molecule has 10 rings (SSSR count). The van der Waals surface area contributed by atoms with Crippen LogP contribution in [0.2, 0.25) is 5.02 Å². The van der Waals surface area contributed by atoms with E-state index in [9.17, 15) is 19.2 Å². The first-order chi connectivity index (χ1) is 28.5. The maximum atomic E-state index is 15.3. The van der Waals surface area contributed by atoms with E-state index in [1.54, 1.807) is 24.5 Å². The molecule has 0 bridgehead atoms. The summed E-state index contributed by atoms with van der Waals surface area (Å²) in [6, 6.07) is 7.97. The molecule has 5 aliphatic heterocycles.